The van der Waals surface area contributed by atoms with Crippen LogP contribution in [0.4, 0.5) is 0 Å². The number of aliphatic carboxylic acids is 1. The van der Waals surface area contributed by atoms with Crippen molar-refractivity contribution in [3.05, 3.63) is 41.0 Å². The minimum atomic E-state index is -1.06. The number of alkyl halides is 1. The fourth-order valence-corrected chi connectivity index (χ4v) is 1.96. The van der Waals surface area contributed by atoms with Crippen LogP contribution in [0, 0.1) is 0 Å². The Labute approximate surface area is 123 Å². The van der Waals surface area contributed by atoms with Gasteiger partial charge in [-0.1, -0.05) is 12.1 Å². The van der Waals surface area contributed by atoms with Gasteiger partial charge in [-0.25, -0.2) is 9.59 Å². The van der Waals surface area contributed by atoms with E-state index in [0.29, 0.717) is 23.4 Å². The molecule has 0 unspecified atom stereocenters. The predicted octanol–water partition coefficient (Wildman–Crippen LogP) is 3.13. The molecule has 0 heterocycles. The highest BCUT2D eigenvalue weighted by atomic mass is 35.5. The first kappa shape index (κ1) is 16.2. The molecule has 0 bridgehead atoms. The molecule has 1 aromatic carbocycles. The molecular formula is C15H17ClO4. The molecule has 0 aliphatic rings. The molecule has 0 radical (unpaired) electrons. The molecule has 0 saturated heterocycles. The molecule has 0 atom stereocenters. The number of carboxylic acid groups (broad SMARTS) is 1. The van der Waals surface area contributed by atoms with Crippen molar-refractivity contribution in [1.82, 2.24) is 0 Å². The summed E-state index contributed by atoms with van der Waals surface area (Å²) in [5, 5.41) is 8.75. The standard InChI is InChI=1S/C15H17ClO4/c1-2-20-15(19)13-7-3-5-11(6-4-10-16)12(13)8-9-14(17)18/h3,5,7-9H,2,4,6,10H2,1H3,(H,17,18)/b9-8+. The fourth-order valence-electron chi connectivity index (χ4n) is 1.83. The maximum atomic E-state index is 11.9. The van der Waals surface area contributed by atoms with Crippen LogP contribution in [0.25, 0.3) is 6.08 Å². The van der Waals surface area contributed by atoms with Gasteiger partial charge >= 0.3 is 11.9 Å². The largest absolute Gasteiger partial charge is 0.478 e. The van der Waals surface area contributed by atoms with Gasteiger partial charge in [0.05, 0.1) is 12.2 Å². The van der Waals surface area contributed by atoms with Crippen molar-refractivity contribution in [2.75, 3.05) is 12.5 Å². The number of hydrogen-bond donors (Lipinski definition) is 1. The zero-order valence-electron chi connectivity index (χ0n) is 11.3. The maximum absolute atomic E-state index is 11.9. The summed E-state index contributed by atoms with van der Waals surface area (Å²) in [6.07, 6.45) is 3.87. The van der Waals surface area contributed by atoms with Crippen LogP contribution < -0.4 is 0 Å². The number of carbonyl (C=O) groups excluding carboxylic acids is 1. The lowest BCUT2D eigenvalue weighted by molar-refractivity contribution is -0.131. The zero-order chi connectivity index (χ0) is 15.0. The number of benzene rings is 1. The minimum Gasteiger partial charge on any atom is -0.478 e. The van der Waals surface area contributed by atoms with Crippen LogP contribution in [-0.2, 0) is 16.0 Å². The first-order valence-corrected chi connectivity index (χ1v) is 6.89. The third kappa shape index (κ3) is 4.70. The second-order valence-corrected chi connectivity index (χ2v) is 4.44. The number of aryl methyl sites for hydroxylation is 1. The van der Waals surface area contributed by atoms with E-state index < -0.39 is 11.9 Å². The molecule has 0 aliphatic heterocycles. The molecule has 108 valence electrons. The summed E-state index contributed by atoms with van der Waals surface area (Å²) in [5.74, 6) is -1.01. The second-order valence-electron chi connectivity index (χ2n) is 4.06. The van der Waals surface area contributed by atoms with Gasteiger partial charge in [-0.2, -0.15) is 0 Å². The van der Waals surface area contributed by atoms with Gasteiger partial charge in [-0.15, -0.1) is 11.6 Å². The van der Waals surface area contributed by atoms with E-state index in [0.717, 1.165) is 18.1 Å². The normalized spacial score (nSPS) is 10.7. The molecule has 20 heavy (non-hydrogen) atoms. The van der Waals surface area contributed by atoms with Crippen molar-refractivity contribution >= 4 is 29.6 Å². The van der Waals surface area contributed by atoms with Crippen LogP contribution in [-0.4, -0.2) is 29.5 Å². The van der Waals surface area contributed by atoms with E-state index in [1.165, 1.54) is 6.08 Å². The topological polar surface area (TPSA) is 63.6 Å². The fraction of sp³-hybridized carbons (Fsp3) is 0.333. The van der Waals surface area contributed by atoms with Crippen LogP contribution >= 0.6 is 11.6 Å². The Balaban J connectivity index is 3.20. The van der Waals surface area contributed by atoms with Gasteiger partial charge in [0, 0.05) is 12.0 Å². The van der Waals surface area contributed by atoms with Crippen LogP contribution in [0.3, 0.4) is 0 Å². The average Bonchev–Trinajstić information content (AvgIpc) is 2.43. The summed E-state index contributed by atoms with van der Waals surface area (Å²) in [6.45, 7) is 1.99. The van der Waals surface area contributed by atoms with Crippen molar-refractivity contribution < 1.29 is 19.4 Å². The highest BCUT2D eigenvalue weighted by Gasteiger charge is 2.14. The molecule has 0 aromatic heterocycles. The van der Waals surface area contributed by atoms with Crippen LogP contribution in [0.5, 0.6) is 0 Å². The Hall–Kier alpha value is -1.81. The Kier molecular flexibility index (Phi) is 6.81. The van der Waals surface area contributed by atoms with Gasteiger partial charge in [0.25, 0.3) is 0 Å². The number of ether oxygens (including phenoxy) is 1. The van der Waals surface area contributed by atoms with E-state index in [1.807, 2.05) is 6.07 Å². The maximum Gasteiger partial charge on any atom is 0.338 e. The van der Waals surface area contributed by atoms with Crippen molar-refractivity contribution in [2.45, 2.75) is 19.8 Å². The molecule has 4 nitrogen and oxygen atoms in total. The van der Waals surface area contributed by atoms with Crippen LogP contribution in [0.15, 0.2) is 24.3 Å². The summed E-state index contributed by atoms with van der Waals surface area (Å²) in [6, 6.07) is 5.24. The average molecular weight is 297 g/mol. The van der Waals surface area contributed by atoms with Gasteiger partial charge < -0.3 is 9.84 Å². The summed E-state index contributed by atoms with van der Waals surface area (Å²) in [7, 11) is 0. The number of carboxylic acids is 1. The quantitative estimate of drug-likeness (QED) is 0.477. The summed E-state index contributed by atoms with van der Waals surface area (Å²) in [4.78, 5) is 22.6. The van der Waals surface area contributed by atoms with E-state index in [2.05, 4.69) is 0 Å². The van der Waals surface area contributed by atoms with Crippen LogP contribution in [0.2, 0.25) is 0 Å². The Morgan fingerprint density at radius 1 is 1.40 bits per heavy atom. The molecule has 5 heteroatoms. The Bertz CT molecular complexity index is 509. The zero-order valence-corrected chi connectivity index (χ0v) is 12.0. The summed E-state index contributed by atoms with van der Waals surface area (Å²) < 4.78 is 4.99. The number of halogens is 1. The molecule has 1 rings (SSSR count). The number of rotatable bonds is 7. The summed E-state index contributed by atoms with van der Waals surface area (Å²) >= 11 is 5.68. The monoisotopic (exact) mass is 296 g/mol. The number of hydrogen-bond acceptors (Lipinski definition) is 3. The summed E-state index contributed by atoms with van der Waals surface area (Å²) in [5.41, 5.74) is 1.84. The highest BCUT2D eigenvalue weighted by Crippen LogP contribution is 2.20. The third-order valence-corrected chi connectivity index (χ3v) is 2.93. The Morgan fingerprint density at radius 3 is 2.75 bits per heavy atom. The lowest BCUT2D eigenvalue weighted by Crippen LogP contribution is -2.08. The lowest BCUT2D eigenvalue weighted by Gasteiger charge is -2.10. The second kappa shape index (κ2) is 8.38. The van der Waals surface area contributed by atoms with Gasteiger partial charge in [0.1, 0.15) is 0 Å². The molecule has 1 aromatic rings. The van der Waals surface area contributed by atoms with E-state index in [4.69, 9.17) is 21.4 Å². The van der Waals surface area contributed by atoms with Gasteiger partial charge in [0.2, 0.25) is 0 Å². The number of carbonyl (C=O) groups is 2. The van der Waals surface area contributed by atoms with E-state index in [1.54, 1.807) is 19.1 Å². The van der Waals surface area contributed by atoms with Gasteiger partial charge in [-0.3, -0.25) is 0 Å². The van der Waals surface area contributed by atoms with E-state index in [9.17, 15) is 9.59 Å². The third-order valence-electron chi connectivity index (χ3n) is 2.66. The number of esters is 1. The minimum absolute atomic E-state index is 0.271. The van der Waals surface area contributed by atoms with Crippen LogP contribution in [0.1, 0.15) is 34.8 Å². The molecular weight excluding hydrogens is 280 g/mol. The highest BCUT2D eigenvalue weighted by molar-refractivity contribution is 6.17. The molecule has 0 fully saturated rings. The smallest absolute Gasteiger partial charge is 0.338 e. The van der Waals surface area contributed by atoms with E-state index in [-0.39, 0.29) is 6.61 Å². The van der Waals surface area contributed by atoms with Crippen molar-refractivity contribution in [1.29, 1.82) is 0 Å². The van der Waals surface area contributed by atoms with Crippen molar-refractivity contribution in [3.63, 3.8) is 0 Å². The Morgan fingerprint density at radius 2 is 2.15 bits per heavy atom. The predicted molar refractivity (Wildman–Crippen MR) is 78.1 cm³/mol. The molecule has 0 saturated carbocycles. The SMILES string of the molecule is CCOC(=O)c1cccc(CCCCl)c1/C=C/C(=O)O. The molecule has 0 amide bonds. The van der Waals surface area contributed by atoms with Gasteiger partial charge in [0.15, 0.2) is 0 Å². The lowest BCUT2D eigenvalue weighted by atomic mass is 9.97. The first-order chi connectivity index (χ1) is 9.60. The van der Waals surface area contributed by atoms with E-state index >= 15 is 0 Å². The molecule has 1 N–H and O–H groups in total. The molecule has 0 aliphatic carbocycles. The first-order valence-electron chi connectivity index (χ1n) is 6.36. The van der Waals surface area contributed by atoms with Gasteiger partial charge in [-0.05, 0) is 43.0 Å². The van der Waals surface area contributed by atoms with Crippen molar-refractivity contribution in [2.24, 2.45) is 0 Å². The molecule has 0 spiro atoms. The van der Waals surface area contributed by atoms with Crippen molar-refractivity contribution in [3.8, 4) is 0 Å².